The van der Waals surface area contributed by atoms with Crippen molar-refractivity contribution < 1.29 is 9.53 Å². The molecule has 0 aliphatic carbocycles. The molecule has 1 rings (SSSR count). The van der Waals surface area contributed by atoms with Gasteiger partial charge in [-0.3, -0.25) is 4.79 Å². The molecule has 0 spiro atoms. The molecule has 0 aliphatic rings. The first kappa shape index (κ1) is 11.6. The van der Waals surface area contributed by atoms with Gasteiger partial charge >= 0.3 is 0 Å². The standard InChI is InChI=1S/C9H13N5O2/c1-16-5-2-3-6(7(10)4-5)8(15)13-14-9(11)12/h2-4H,10H2,1H3,(H,13,15)(H4,11,12,14). The molecule has 0 atom stereocenters. The van der Waals surface area contributed by atoms with E-state index in [0.29, 0.717) is 5.75 Å². The highest BCUT2D eigenvalue weighted by Crippen LogP contribution is 2.19. The number of hydrogen-bond acceptors (Lipinski definition) is 4. The number of anilines is 1. The fraction of sp³-hybridized carbons (Fsp3) is 0.111. The normalized spacial score (nSPS) is 9.31. The number of ether oxygens (including phenoxy) is 1. The van der Waals surface area contributed by atoms with Gasteiger partial charge in [0.05, 0.1) is 12.7 Å². The van der Waals surface area contributed by atoms with E-state index >= 15 is 0 Å². The fourth-order valence-electron chi connectivity index (χ4n) is 1.05. The molecule has 1 aromatic rings. The van der Waals surface area contributed by atoms with Crippen LogP contribution in [0.2, 0.25) is 0 Å². The number of methoxy groups -OCH3 is 1. The van der Waals surface area contributed by atoms with E-state index < -0.39 is 5.91 Å². The van der Waals surface area contributed by atoms with Gasteiger partial charge in [-0.05, 0) is 12.1 Å². The van der Waals surface area contributed by atoms with Crippen molar-refractivity contribution in [3.05, 3.63) is 23.8 Å². The van der Waals surface area contributed by atoms with E-state index in [1.54, 1.807) is 6.07 Å². The number of hydrazone groups is 1. The van der Waals surface area contributed by atoms with Gasteiger partial charge in [-0.25, -0.2) is 5.43 Å². The van der Waals surface area contributed by atoms with Crippen molar-refractivity contribution in [3.63, 3.8) is 0 Å². The summed E-state index contributed by atoms with van der Waals surface area (Å²) in [6, 6.07) is 4.66. The van der Waals surface area contributed by atoms with Gasteiger partial charge < -0.3 is 21.9 Å². The highest BCUT2D eigenvalue weighted by molar-refractivity contribution is 5.99. The van der Waals surface area contributed by atoms with Crippen molar-refractivity contribution in [2.75, 3.05) is 12.8 Å². The lowest BCUT2D eigenvalue weighted by Crippen LogP contribution is -2.29. The topological polar surface area (TPSA) is 129 Å². The maximum atomic E-state index is 11.5. The summed E-state index contributed by atoms with van der Waals surface area (Å²) in [6.07, 6.45) is 0. The van der Waals surface area contributed by atoms with Crippen LogP contribution in [0.15, 0.2) is 23.3 Å². The Kier molecular flexibility index (Phi) is 3.54. The number of carbonyl (C=O) groups excluding carboxylic acids is 1. The Morgan fingerprint density at radius 3 is 2.62 bits per heavy atom. The lowest BCUT2D eigenvalue weighted by molar-refractivity contribution is 0.0955. The minimum Gasteiger partial charge on any atom is -0.497 e. The predicted octanol–water partition coefficient (Wildman–Crippen LogP) is -0.804. The predicted molar refractivity (Wildman–Crippen MR) is 60.7 cm³/mol. The Hall–Kier alpha value is -2.44. The van der Waals surface area contributed by atoms with Crippen LogP contribution >= 0.6 is 0 Å². The molecule has 0 bridgehead atoms. The van der Waals surface area contributed by atoms with E-state index in [1.165, 1.54) is 19.2 Å². The molecule has 7 nitrogen and oxygen atoms in total. The van der Waals surface area contributed by atoms with Crippen molar-refractivity contribution in [2.45, 2.75) is 0 Å². The molecule has 0 radical (unpaired) electrons. The Labute approximate surface area is 92.2 Å². The Morgan fingerprint density at radius 1 is 1.44 bits per heavy atom. The van der Waals surface area contributed by atoms with Gasteiger partial charge in [-0.1, -0.05) is 0 Å². The molecular formula is C9H13N5O2. The van der Waals surface area contributed by atoms with Crippen LogP contribution in [0.4, 0.5) is 5.69 Å². The number of nitrogen functional groups attached to an aromatic ring is 1. The Bertz CT molecular complexity index is 426. The molecular weight excluding hydrogens is 210 g/mol. The third-order valence-electron chi connectivity index (χ3n) is 1.79. The molecule has 86 valence electrons. The van der Waals surface area contributed by atoms with Crippen LogP contribution in [0.25, 0.3) is 0 Å². The number of amides is 1. The highest BCUT2D eigenvalue weighted by atomic mass is 16.5. The van der Waals surface area contributed by atoms with Gasteiger partial charge in [0.1, 0.15) is 5.75 Å². The summed E-state index contributed by atoms with van der Waals surface area (Å²) in [5.74, 6) is -0.162. The summed E-state index contributed by atoms with van der Waals surface area (Å²) >= 11 is 0. The van der Waals surface area contributed by atoms with Gasteiger partial charge in [-0.15, -0.1) is 5.10 Å². The number of guanidine groups is 1. The van der Waals surface area contributed by atoms with Gasteiger partial charge in [0, 0.05) is 11.8 Å². The molecule has 1 amide bonds. The second kappa shape index (κ2) is 4.87. The van der Waals surface area contributed by atoms with Gasteiger partial charge in [-0.2, -0.15) is 0 Å². The first-order valence-corrected chi connectivity index (χ1v) is 4.37. The van der Waals surface area contributed by atoms with Crippen LogP contribution in [0.1, 0.15) is 10.4 Å². The number of nitrogens with zero attached hydrogens (tertiary/aromatic N) is 1. The monoisotopic (exact) mass is 223 g/mol. The lowest BCUT2D eigenvalue weighted by atomic mass is 10.1. The minimum atomic E-state index is -0.492. The number of carbonyl (C=O) groups is 1. The molecule has 0 saturated heterocycles. The number of benzene rings is 1. The molecule has 0 aliphatic heterocycles. The van der Waals surface area contributed by atoms with Crippen molar-refractivity contribution in [2.24, 2.45) is 16.6 Å². The van der Waals surface area contributed by atoms with Crippen LogP contribution < -0.4 is 27.4 Å². The van der Waals surface area contributed by atoms with Gasteiger partial charge in [0.25, 0.3) is 5.91 Å². The summed E-state index contributed by atoms with van der Waals surface area (Å²) in [7, 11) is 1.51. The highest BCUT2D eigenvalue weighted by Gasteiger charge is 2.09. The summed E-state index contributed by atoms with van der Waals surface area (Å²) in [5, 5.41) is 3.37. The SMILES string of the molecule is COc1ccc(C(=O)NN=C(N)N)c(N)c1. The van der Waals surface area contributed by atoms with Crippen LogP contribution in [0.5, 0.6) is 5.75 Å². The number of nitrogens with two attached hydrogens (primary N) is 3. The Morgan fingerprint density at radius 2 is 2.12 bits per heavy atom. The van der Waals surface area contributed by atoms with E-state index in [1.807, 2.05) is 0 Å². The quantitative estimate of drug-likeness (QED) is 0.230. The first-order chi connectivity index (χ1) is 7.54. The summed E-state index contributed by atoms with van der Waals surface area (Å²) in [4.78, 5) is 11.5. The van der Waals surface area contributed by atoms with Gasteiger partial charge in [0.15, 0.2) is 0 Å². The maximum absolute atomic E-state index is 11.5. The van der Waals surface area contributed by atoms with Crippen LogP contribution in [0.3, 0.4) is 0 Å². The van der Waals surface area contributed by atoms with Crippen LogP contribution in [-0.4, -0.2) is 19.0 Å². The number of hydrogen-bond donors (Lipinski definition) is 4. The molecule has 7 heteroatoms. The van der Waals surface area contributed by atoms with E-state index in [0.717, 1.165) is 0 Å². The molecule has 0 fully saturated rings. The van der Waals surface area contributed by atoms with E-state index in [2.05, 4.69) is 10.5 Å². The zero-order valence-corrected chi connectivity index (χ0v) is 8.73. The van der Waals surface area contributed by atoms with E-state index in [-0.39, 0.29) is 17.2 Å². The Balaban J connectivity index is 2.88. The molecule has 0 aromatic heterocycles. The van der Waals surface area contributed by atoms with Crippen LogP contribution in [0, 0.1) is 0 Å². The minimum absolute atomic E-state index is 0.236. The second-order valence-electron chi connectivity index (χ2n) is 2.93. The maximum Gasteiger partial charge on any atom is 0.273 e. The summed E-state index contributed by atoms with van der Waals surface area (Å²) in [6.45, 7) is 0. The summed E-state index contributed by atoms with van der Waals surface area (Å²) < 4.78 is 4.95. The molecule has 0 heterocycles. The largest absolute Gasteiger partial charge is 0.497 e. The van der Waals surface area contributed by atoms with Crippen molar-refractivity contribution in [1.29, 1.82) is 0 Å². The zero-order chi connectivity index (χ0) is 12.1. The van der Waals surface area contributed by atoms with Crippen LogP contribution in [-0.2, 0) is 0 Å². The zero-order valence-electron chi connectivity index (χ0n) is 8.73. The number of rotatable bonds is 3. The third kappa shape index (κ3) is 2.77. The van der Waals surface area contributed by atoms with Crippen molar-refractivity contribution in [1.82, 2.24) is 5.43 Å². The molecule has 16 heavy (non-hydrogen) atoms. The third-order valence-corrected chi connectivity index (χ3v) is 1.79. The van der Waals surface area contributed by atoms with E-state index in [4.69, 9.17) is 21.9 Å². The second-order valence-corrected chi connectivity index (χ2v) is 2.93. The molecule has 0 unspecified atom stereocenters. The molecule has 7 N–H and O–H groups in total. The molecule has 0 saturated carbocycles. The van der Waals surface area contributed by atoms with Crippen molar-refractivity contribution in [3.8, 4) is 5.75 Å². The average molecular weight is 223 g/mol. The summed E-state index contributed by atoms with van der Waals surface area (Å²) in [5.41, 5.74) is 18.5. The fourth-order valence-corrected chi connectivity index (χ4v) is 1.05. The van der Waals surface area contributed by atoms with E-state index in [9.17, 15) is 4.79 Å². The smallest absolute Gasteiger partial charge is 0.273 e. The average Bonchev–Trinajstić information content (AvgIpc) is 2.25. The first-order valence-electron chi connectivity index (χ1n) is 4.37. The van der Waals surface area contributed by atoms with Gasteiger partial charge in [0.2, 0.25) is 5.96 Å². The molecule has 1 aromatic carbocycles. The lowest BCUT2D eigenvalue weighted by Gasteiger charge is -2.06. The number of nitrogens with one attached hydrogen (secondary N) is 1. The van der Waals surface area contributed by atoms with Crippen molar-refractivity contribution >= 4 is 17.6 Å².